The number of thiophene rings is 1. The maximum atomic E-state index is 11.6. The van der Waals surface area contributed by atoms with E-state index in [1.54, 1.807) is 18.3 Å². The summed E-state index contributed by atoms with van der Waals surface area (Å²) in [6.45, 7) is 4.48. The molecule has 1 aliphatic rings. The van der Waals surface area contributed by atoms with Gasteiger partial charge in [-0.3, -0.25) is 4.79 Å². The fourth-order valence-corrected chi connectivity index (χ4v) is 4.14. The molecule has 0 atom stereocenters. The second kappa shape index (κ2) is 5.28. The van der Waals surface area contributed by atoms with Gasteiger partial charge in [0.25, 0.3) is 0 Å². The van der Waals surface area contributed by atoms with Crippen LogP contribution < -0.4 is 4.90 Å². The highest BCUT2D eigenvalue weighted by Crippen LogP contribution is 2.39. The Hall–Kier alpha value is -1.98. The third kappa shape index (κ3) is 2.40. The van der Waals surface area contributed by atoms with Crippen molar-refractivity contribution in [2.75, 3.05) is 11.4 Å². The SMILES string of the molecule is CC(=O)c1ccc2c(c1)CCN2c1nc(Cl)nc2sc(C)cc12. The highest BCUT2D eigenvalue weighted by Gasteiger charge is 2.25. The van der Waals surface area contributed by atoms with Crippen molar-refractivity contribution >= 4 is 50.4 Å². The summed E-state index contributed by atoms with van der Waals surface area (Å²) < 4.78 is 0. The summed E-state index contributed by atoms with van der Waals surface area (Å²) in [6.07, 6.45) is 0.892. The molecule has 3 heterocycles. The topological polar surface area (TPSA) is 46.1 Å². The average Bonchev–Trinajstić information content (AvgIpc) is 3.08. The Labute approximate surface area is 142 Å². The number of benzene rings is 1. The summed E-state index contributed by atoms with van der Waals surface area (Å²) in [7, 11) is 0. The minimum Gasteiger partial charge on any atom is -0.325 e. The molecule has 23 heavy (non-hydrogen) atoms. The van der Waals surface area contributed by atoms with E-state index in [9.17, 15) is 4.79 Å². The highest BCUT2D eigenvalue weighted by atomic mass is 35.5. The molecule has 0 saturated heterocycles. The van der Waals surface area contributed by atoms with E-state index in [2.05, 4.69) is 27.9 Å². The second-order valence-corrected chi connectivity index (χ2v) is 7.27. The summed E-state index contributed by atoms with van der Waals surface area (Å²) >= 11 is 7.74. The number of halogens is 1. The third-order valence-electron chi connectivity index (χ3n) is 4.11. The zero-order valence-electron chi connectivity index (χ0n) is 12.8. The van der Waals surface area contributed by atoms with E-state index in [0.29, 0.717) is 0 Å². The van der Waals surface area contributed by atoms with Crippen LogP contribution in [0, 0.1) is 6.92 Å². The Kier molecular flexibility index (Phi) is 3.36. The zero-order chi connectivity index (χ0) is 16.1. The Morgan fingerprint density at radius 2 is 2.13 bits per heavy atom. The number of nitrogens with zero attached hydrogens (tertiary/aromatic N) is 3. The lowest BCUT2D eigenvalue weighted by atomic mass is 10.1. The predicted octanol–water partition coefficient (Wildman–Crippen LogP) is 4.55. The Morgan fingerprint density at radius 3 is 2.91 bits per heavy atom. The number of ketones is 1. The summed E-state index contributed by atoms with van der Waals surface area (Å²) in [5, 5.41) is 1.29. The van der Waals surface area contributed by atoms with Crippen LogP contribution in [0.4, 0.5) is 11.5 Å². The molecule has 3 aromatic rings. The quantitative estimate of drug-likeness (QED) is 0.506. The third-order valence-corrected chi connectivity index (χ3v) is 5.22. The molecular weight excluding hydrogens is 330 g/mol. The molecule has 0 fully saturated rings. The largest absolute Gasteiger partial charge is 0.325 e. The Bertz CT molecular complexity index is 950. The first kappa shape index (κ1) is 14.6. The van der Waals surface area contributed by atoms with Crippen molar-refractivity contribution in [2.24, 2.45) is 0 Å². The molecule has 0 bridgehead atoms. The standard InChI is InChI=1S/C17H14ClN3OS/c1-9-7-13-15(19-17(18)20-16(13)23-9)21-6-5-12-8-11(10(2)22)3-4-14(12)21/h3-4,7-8H,5-6H2,1-2H3. The predicted molar refractivity (Wildman–Crippen MR) is 94.3 cm³/mol. The van der Waals surface area contributed by atoms with Gasteiger partial charge in [0.05, 0.1) is 5.39 Å². The molecule has 1 aromatic carbocycles. The van der Waals surface area contributed by atoms with Crippen LogP contribution in [0.25, 0.3) is 10.2 Å². The van der Waals surface area contributed by atoms with Crippen molar-refractivity contribution in [3.05, 3.63) is 45.6 Å². The average molecular weight is 344 g/mol. The van der Waals surface area contributed by atoms with Crippen molar-refractivity contribution in [2.45, 2.75) is 20.3 Å². The first-order valence-electron chi connectivity index (χ1n) is 7.38. The number of aryl methyl sites for hydroxylation is 1. The van der Waals surface area contributed by atoms with Gasteiger partial charge in [0, 0.05) is 22.7 Å². The van der Waals surface area contributed by atoms with Crippen LogP contribution in [0.5, 0.6) is 0 Å². The molecule has 0 N–H and O–H groups in total. The molecule has 0 radical (unpaired) electrons. The molecule has 6 heteroatoms. The molecular formula is C17H14ClN3OS. The number of rotatable bonds is 2. The highest BCUT2D eigenvalue weighted by molar-refractivity contribution is 7.18. The Balaban J connectivity index is 1.87. The Morgan fingerprint density at radius 1 is 1.30 bits per heavy atom. The van der Waals surface area contributed by atoms with Gasteiger partial charge in [-0.2, -0.15) is 4.98 Å². The van der Waals surface area contributed by atoms with Gasteiger partial charge in [-0.1, -0.05) is 0 Å². The summed E-state index contributed by atoms with van der Waals surface area (Å²) in [5.41, 5.74) is 3.02. The fourth-order valence-electron chi connectivity index (χ4n) is 3.05. The number of anilines is 2. The van der Waals surface area contributed by atoms with Gasteiger partial charge in [0.2, 0.25) is 5.28 Å². The molecule has 1 aliphatic heterocycles. The van der Waals surface area contributed by atoms with E-state index in [4.69, 9.17) is 11.6 Å². The number of hydrogen-bond donors (Lipinski definition) is 0. The second-order valence-electron chi connectivity index (χ2n) is 5.69. The van der Waals surface area contributed by atoms with E-state index in [1.807, 2.05) is 18.2 Å². The molecule has 0 amide bonds. The fraction of sp³-hybridized carbons (Fsp3) is 0.235. The summed E-state index contributed by atoms with van der Waals surface area (Å²) in [4.78, 5) is 24.6. The van der Waals surface area contributed by atoms with E-state index in [-0.39, 0.29) is 11.1 Å². The summed E-state index contributed by atoms with van der Waals surface area (Å²) in [5.74, 6) is 0.936. The molecule has 4 rings (SSSR count). The van der Waals surface area contributed by atoms with Crippen LogP contribution in [0.15, 0.2) is 24.3 Å². The first-order valence-corrected chi connectivity index (χ1v) is 8.57. The zero-order valence-corrected chi connectivity index (χ0v) is 14.3. The van der Waals surface area contributed by atoms with Gasteiger partial charge in [-0.15, -0.1) is 11.3 Å². The van der Waals surface area contributed by atoms with E-state index < -0.39 is 0 Å². The van der Waals surface area contributed by atoms with Gasteiger partial charge in [-0.25, -0.2) is 4.98 Å². The van der Waals surface area contributed by atoms with E-state index in [0.717, 1.165) is 40.3 Å². The molecule has 0 saturated carbocycles. The van der Waals surface area contributed by atoms with E-state index in [1.165, 1.54) is 10.4 Å². The number of carbonyl (C=O) groups is 1. The number of carbonyl (C=O) groups excluding carboxylic acids is 1. The van der Waals surface area contributed by atoms with Gasteiger partial charge in [0.15, 0.2) is 5.78 Å². The number of hydrogen-bond acceptors (Lipinski definition) is 5. The van der Waals surface area contributed by atoms with Gasteiger partial charge in [-0.05, 0) is 61.7 Å². The molecule has 4 nitrogen and oxygen atoms in total. The van der Waals surface area contributed by atoms with Crippen molar-refractivity contribution in [1.29, 1.82) is 0 Å². The molecule has 116 valence electrons. The maximum absolute atomic E-state index is 11.6. The lowest BCUT2D eigenvalue weighted by Crippen LogP contribution is -2.15. The molecule has 0 spiro atoms. The van der Waals surface area contributed by atoms with Crippen molar-refractivity contribution in [1.82, 2.24) is 9.97 Å². The minimum atomic E-state index is 0.0900. The molecule has 2 aromatic heterocycles. The molecule has 0 aliphatic carbocycles. The lowest BCUT2D eigenvalue weighted by molar-refractivity contribution is 0.101. The van der Waals surface area contributed by atoms with Crippen LogP contribution in [0.1, 0.15) is 27.7 Å². The van der Waals surface area contributed by atoms with Gasteiger partial charge in [0.1, 0.15) is 10.6 Å². The maximum Gasteiger partial charge on any atom is 0.225 e. The van der Waals surface area contributed by atoms with Crippen molar-refractivity contribution in [3.63, 3.8) is 0 Å². The normalized spacial score (nSPS) is 13.6. The van der Waals surface area contributed by atoms with Crippen molar-refractivity contribution in [3.8, 4) is 0 Å². The summed E-state index contributed by atoms with van der Waals surface area (Å²) in [6, 6.07) is 7.96. The smallest absolute Gasteiger partial charge is 0.225 e. The number of Topliss-reactive ketones (excluding diaryl/α,β-unsaturated/α-hetero) is 1. The van der Waals surface area contributed by atoms with Crippen LogP contribution in [-0.4, -0.2) is 22.3 Å². The lowest BCUT2D eigenvalue weighted by Gasteiger charge is -2.19. The van der Waals surface area contributed by atoms with Crippen LogP contribution in [-0.2, 0) is 6.42 Å². The first-order chi connectivity index (χ1) is 11.0. The molecule has 0 unspecified atom stereocenters. The number of aromatic nitrogens is 2. The van der Waals surface area contributed by atoms with E-state index >= 15 is 0 Å². The van der Waals surface area contributed by atoms with Crippen LogP contribution in [0.2, 0.25) is 5.28 Å². The monoisotopic (exact) mass is 343 g/mol. The van der Waals surface area contributed by atoms with Crippen LogP contribution >= 0.6 is 22.9 Å². The number of fused-ring (bicyclic) bond motifs is 2. The van der Waals surface area contributed by atoms with Crippen LogP contribution in [0.3, 0.4) is 0 Å². The van der Waals surface area contributed by atoms with Gasteiger partial charge < -0.3 is 4.90 Å². The van der Waals surface area contributed by atoms with Gasteiger partial charge >= 0.3 is 0 Å². The van der Waals surface area contributed by atoms with Crippen molar-refractivity contribution < 1.29 is 4.79 Å². The minimum absolute atomic E-state index is 0.0900.